The molecule has 1 aromatic rings. The maximum atomic E-state index is 8.78. The zero-order valence-corrected chi connectivity index (χ0v) is 12.1. The molecule has 0 aromatic carbocycles. The van der Waals surface area contributed by atoms with Crippen molar-refractivity contribution in [2.45, 2.75) is 39.0 Å². The van der Waals surface area contributed by atoms with Gasteiger partial charge in [-0.15, -0.1) is 0 Å². The first-order valence-corrected chi connectivity index (χ1v) is 6.75. The molecular formula is C13H25N5O. The molecular weight excluding hydrogens is 242 g/mol. The number of aromatic nitrogens is 2. The Labute approximate surface area is 115 Å². The summed E-state index contributed by atoms with van der Waals surface area (Å²) in [4.78, 5) is 10.7. The highest BCUT2D eigenvalue weighted by atomic mass is 16.2. The van der Waals surface area contributed by atoms with E-state index < -0.39 is 0 Å². The van der Waals surface area contributed by atoms with Gasteiger partial charge in [-0.25, -0.2) is 15.8 Å². The van der Waals surface area contributed by atoms with Gasteiger partial charge in [-0.2, -0.15) is 0 Å². The first kappa shape index (κ1) is 15.7. The van der Waals surface area contributed by atoms with Crippen LogP contribution in [0.1, 0.15) is 44.6 Å². The van der Waals surface area contributed by atoms with Crippen LogP contribution in [0, 0.1) is 0 Å². The number of nitrogen functional groups attached to an aromatic ring is 1. The SMILES string of the molecule is CC(C)c1c(NN)ncnc1N(C)CCCCCO. The quantitative estimate of drug-likeness (QED) is 0.376. The predicted octanol–water partition coefficient (Wildman–Crippen LogP) is 1.48. The molecule has 0 radical (unpaired) electrons. The van der Waals surface area contributed by atoms with Crippen molar-refractivity contribution in [2.24, 2.45) is 5.84 Å². The molecule has 0 saturated carbocycles. The molecule has 0 amide bonds. The van der Waals surface area contributed by atoms with Crippen LogP contribution in [0.3, 0.4) is 0 Å². The van der Waals surface area contributed by atoms with Crippen molar-refractivity contribution >= 4 is 11.6 Å². The fourth-order valence-corrected chi connectivity index (χ4v) is 2.08. The van der Waals surface area contributed by atoms with Crippen LogP contribution in [0.15, 0.2) is 6.33 Å². The number of nitrogens with zero attached hydrogens (tertiary/aromatic N) is 3. The normalized spacial score (nSPS) is 10.8. The molecule has 0 atom stereocenters. The monoisotopic (exact) mass is 267 g/mol. The van der Waals surface area contributed by atoms with Crippen LogP contribution in [0.5, 0.6) is 0 Å². The Morgan fingerprint density at radius 2 is 2.05 bits per heavy atom. The van der Waals surface area contributed by atoms with E-state index in [0.717, 1.165) is 37.2 Å². The van der Waals surface area contributed by atoms with E-state index in [1.165, 1.54) is 6.33 Å². The maximum Gasteiger partial charge on any atom is 0.148 e. The number of hydrogen-bond acceptors (Lipinski definition) is 6. The van der Waals surface area contributed by atoms with Gasteiger partial charge in [0.05, 0.1) is 0 Å². The fourth-order valence-electron chi connectivity index (χ4n) is 2.08. The minimum Gasteiger partial charge on any atom is -0.396 e. The number of hydrazine groups is 1. The average molecular weight is 267 g/mol. The topological polar surface area (TPSA) is 87.3 Å². The first-order valence-electron chi connectivity index (χ1n) is 6.75. The van der Waals surface area contributed by atoms with Crippen LogP contribution >= 0.6 is 0 Å². The summed E-state index contributed by atoms with van der Waals surface area (Å²) in [5.74, 6) is 7.41. The second-order valence-electron chi connectivity index (χ2n) is 4.96. The van der Waals surface area contributed by atoms with Crippen molar-refractivity contribution < 1.29 is 5.11 Å². The van der Waals surface area contributed by atoms with Gasteiger partial charge in [0.1, 0.15) is 18.0 Å². The molecule has 1 rings (SSSR count). The van der Waals surface area contributed by atoms with Crippen molar-refractivity contribution in [3.8, 4) is 0 Å². The molecule has 0 aliphatic heterocycles. The van der Waals surface area contributed by atoms with Gasteiger partial charge in [-0.1, -0.05) is 13.8 Å². The van der Waals surface area contributed by atoms with E-state index in [-0.39, 0.29) is 6.61 Å². The van der Waals surface area contributed by atoms with Crippen LogP contribution in [-0.2, 0) is 0 Å². The number of rotatable bonds is 8. The third kappa shape index (κ3) is 4.33. The summed E-state index contributed by atoms with van der Waals surface area (Å²) in [5, 5.41) is 8.78. The van der Waals surface area contributed by atoms with Gasteiger partial charge in [0, 0.05) is 25.8 Å². The fraction of sp³-hybridized carbons (Fsp3) is 0.692. The lowest BCUT2D eigenvalue weighted by Crippen LogP contribution is -2.23. The van der Waals surface area contributed by atoms with E-state index in [1.54, 1.807) is 0 Å². The molecule has 0 unspecified atom stereocenters. The van der Waals surface area contributed by atoms with E-state index in [2.05, 4.69) is 34.1 Å². The van der Waals surface area contributed by atoms with Gasteiger partial charge in [-0.05, 0) is 25.2 Å². The molecule has 1 heterocycles. The summed E-state index contributed by atoms with van der Waals surface area (Å²) in [5.41, 5.74) is 3.67. The van der Waals surface area contributed by atoms with E-state index in [1.807, 2.05) is 7.05 Å². The summed E-state index contributed by atoms with van der Waals surface area (Å²) in [6, 6.07) is 0. The van der Waals surface area contributed by atoms with Gasteiger partial charge in [-0.3, -0.25) is 0 Å². The molecule has 6 nitrogen and oxygen atoms in total. The van der Waals surface area contributed by atoms with Gasteiger partial charge >= 0.3 is 0 Å². The molecule has 6 heteroatoms. The van der Waals surface area contributed by atoms with Gasteiger partial charge in [0.15, 0.2) is 0 Å². The van der Waals surface area contributed by atoms with Crippen molar-refractivity contribution in [3.05, 3.63) is 11.9 Å². The predicted molar refractivity (Wildman–Crippen MR) is 78.1 cm³/mol. The van der Waals surface area contributed by atoms with Crippen molar-refractivity contribution in [1.82, 2.24) is 9.97 Å². The van der Waals surface area contributed by atoms with Gasteiger partial charge in [0.2, 0.25) is 0 Å². The highest BCUT2D eigenvalue weighted by molar-refractivity contribution is 5.59. The lowest BCUT2D eigenvalue weighted by molar-refractivity contribution is 0.283. The van der Waals surface area contributed by atoms with E-state index >= 15 is 0 Å². The van der Waals surface area contributed by atoms with E-state index in [4.69, 9.17) is 10.9 Å². The van der Waals surface area contributed by atoms with Crippen LogP contribution in [0.4, 0.5) is 11.6 Å². The minimum absolute atomic E-state index is 0.260. The highest BCUT2D eigenvalue weighted by Gasteiger charge is 2.17. The van der Waals surface area contributed by atoms with Crippen LogP contribution in [0.25, 0.3) is 0 Å². The molecule has 0 bridgehead atoms. The molecule has 0 fully saturated rings. The Bertz CT molecular complexity index is 383. The number of unbranched alkanes of at least 4 members (excludes halogenated alkanes) is 2. The molecule has 0 saturated heterocycles. The Morgan fingerprint density at radius 1 is 1.32 bits per heavy atom. The lowest BCUT2D eigenvalue weighted by atomic mass is 10.0. The van der Waals surface area contributed by atoms with Crippen molar-refractivity contribution in [1.29, 1.82) is 0 Å². The smallest absolute Gasteiger partial charge is 0.148 e. The maximum absolute atomic E-state index is 8.78. The first-order chi connectivity index (χ1) is 9.11. The summed E-state index contributed by atoms with van der Waals surface area (Å²) in [6.45, 7) is 5.36. The molecule has 0 spiro atoms. The van der Waals surface area contributed by atoms with Crippen molar-refractivity contribution in [3.63, 3.8) is 0 Å². The summed E-state index contributed by atoms with van der Waals surface area (Å²) in [6.07, 6.45) is 4.43. The molecule has 4 N–H and O–H groups in total. The van der Waals surface area contributed by atoms with Crippen LogP contribution in [-0.4, -0.2) is 35.3 Å². The number of nitrogens with two attached hydrogens (primary N) is 1. The molecule has 0 aliphatic carbocycles. The summed E-state index contributed by atoms with van der Waals surface area (Å²) >= 11 is 0. The zero-order chi connectivity index (χ0) is 14.3. The number of hydrogen-bond donors (Lipinski definition) is 3. The molecule has 19 heavy (non-hydrogen) atoms. The average Bonchev–Trinajstić information content (AvgIpc) is 2.42. The number of nitrogens with one attached hydrogen (secondary N) is 1. The molecule has 1 aromatic heterocycles. The summed E-state index contributed by atoms with van der Waals surface area (Å²) < 4.78 is 0. The number of anilines is 2. The lowest BCUT2D eigenvalue weighted by Gasteiger charge is -2.23. The standard InChI is InChI=1S/C13H25N5O/c1-10(2)11-12(17-14)15-9-16-13(11)18(3)7-5-4-6-8-19/h9-10,19H,4-8,14H2,1-3H3,(H,15,16,17). The number of aliphatic hydroxyl groups excluding tert-OH is 1. The van der Waals surface area contributed by atoms with Gasteiger partial charge in [0.25, 0.3) is 0 Å². The molecule has 0 aliphatic rings. The second kappa shape index (κ2) is 7.91. The minimum atomic E-state index is 0.260. The van der Waals surface area contributed by atoms with Crippen molar-refractivity contribution in [2.75, 3.05) is 30.5 Å². The summed E-state index contributed by atoms with van der Waals surface area (Å²) in [7, 11) is 2.02. The Balaban J connectivity index is 2.80. The van der Waals surface area contributed by atoms with Crippen LogP contribution < -0.4 is 16.2 Å². The molecule has 108 valence electrons. The third-order valence-electron chi connectivity index (χ3n) is 3.09. The highest BCUT2D eigenvalue weighted by Crippen LogP contribution is 2.29. The van der Waals surface area contributed by atoms with Crippen LogP contribution in [0.2, 0.25) is 0 Å². The van der Waals surface area contributed by atoms with E-state index in [9.17, 15) is 0 Å². The van der Waals surface area contributed by atoms with E-state index in [0.29, 0.717) is 11.7 Å². The number of aliphatic hydroxyl groups is 1. The van der Waals surface area contributed by atoms with Gasteiger partial charge < -0.3 is 15.4 Å². The largest absolute Gasteiger partial charge is 0.396 e. The Kier molecular flexibility index (Phi) is 6.52. The zero-order valence-electron chi connectivity index (χ0n) is 12.1. The Hall–Kier alpha value is -1.40. The Morgan fingerprint density at radius 3 is 2.63 bits per heavy atom. The second-order valence-corrected chi connectivity index (χ2v) is 4.96. The third-order valence-corrected chi connectivity index (χ3v) is 3.09.